The van der Waals surface area contributed by atoms with Crippen molar-refractivity contribution >= 4 is 5.91 Å². The van der Waals surface area contributed by atoms with Crippen molar-refractivity contribution in [1.29, 1.82) is 5.26 Å². The standard InChI is InChI=1S/C16H20N2O3/c1-3-13(21-14-7-5-4-6-12(14)2)15(19)18-10-16(20,11-18)8-9-17/h4-7,13,20H,3,8,10-11H2,1-2H3. The predicted molar refractivity (Wildman–Crippen MR) is 77.6 cm³/mol. The fraction of sp³-hybridized carbons (Fsp3) is 0.500. The van der Waals surface area contributed by atoms with Crippen molar-refractivity contribution in [3.63, 3.8) is 0 Å². The highest BCUT2D eigenvalue weighted by atomic mass is 16.5. The zero-order chi connectivity index (χ0) is 15.5. The van der Waals surface area contributed by atoms with Crippen molar-refractivity contribution in [3.8, 4) is 11.8 Å². The predicted octanol–water partition coefficient (Wildman–Crippen LogP) is 1.64. The van der Waals surface area contributed by atoms with E-state index < -0.39 is 11.7 Å². The van der Waals surface area contributed by atoms with E-state index in [1.54, 1.807) is 4.90 Å². The Bertz CT molecular complexity index is 559. The van der Waals surface area contributed by atoms with Gasteiger partial charge in [0.05, 0.1) is 25.6 Å². The van der Waals surface area contributed by atoms with Crippen LogP contribution in [0.5, 0.6) is 5.75 Å². The first-order valence-corrected chi connectivity index (χ1v) is 7.09. The number of β-amino-alcohol motifs (C(OH)–C–C–N with tert-alkyl or cyclic N) is 1. The van der Waals surface area contributed by atoms with E-state index in [4.69, 9.17) is 10.00 Å². The van der Waals surface area contributed by atoms with E-state index in [0.29, 0.717) is 12.2 Å². The molecule has 2 rings (SSSR count). The maximum Gasteiger partial charge on any atom is 0.263 e. The average molecular weight is 288 g/mol. The molecule has 1 amide bonds. The number of hydrogen-bond donors (Lipinski definition) is 1. The number of para-hydroxylation sites is 1. The van der Waals surface area contributed by atoms with Crippen molar-refractivity contribution in [1.82, 2.24) is 4.90 Å². The second-order valence-corrected chi connectivity index (χ2v) is 5.53. The number of nitriles is 1. The number of likely N-dealkylation sites (tertiary alicyclic amines) is 1. The summed E-state index contributed by atoms with van der Waals surface area (Å²) in [7, 11) is 0. The molecule has 0 spiro atoms. The lowest BCUT2D eigenvalue weighted by Crippen LogP contribution is -2.65. The monoisotopic (exact) mass is 288 g/mol. The molecule has 1 aliphatic heterocycles. The highest BCUT2D eigenvalue weighted by Gasteiger charge is 2.45. The number of amides is 1. The number of carbonyl (C=O) groups is 1. The number of benzene rings is 1. The molecule has 5 heteroatoms. The van der Waals surface area contributed by atoms with E-state index in [-0.39, 0.29) is 25.4 Å². The molecular formula is C16H20N2O3. The van der Waals surface area contributed by atoms with Crippen LogP contribution in [0.25, 0.3) is 0 Å². The van der Waals surface area contributed by atoms with Gasteiger partial charge in [0.1, 0.15) is 11.4 Å². The molecule has 0 radical (unpaired) electrons. The van der Waals surface area contributed by atoms with Crippen molar-refractivity contribution in [2.75, 3.05) is 13.1 Å². The molecule has 1 saturated heterocycles. The van der Waals surface area contributed by atoms with Crippen molar-refractivity contribution in [2.24, 2.45) is 0 Å². The lowest BCUT2D eigenvalue weighted by molar-refractivity contribution is -0.161. The zero-order valence-corrected chi connectivity index (χ0v) is 12.4. The summed E-state index contributed by atoms with van der Waals surface area (Å²) in [6.07, 6.45) is 0.0461. The normalized spacial score (nSPS) is 17.5. The fourth-order valence-electron chi connectivity index (χ4n) is 2.43. The second-order valence-electron chi connectivity index (χ2n) is 5.53. The Morgan fingerprint density at radius 1 is 1.52 bits per heavy atom. The number of nitrogens with zero attached hydrogens (tertiary/aromatic N) is 2. The van der Waals surface area contributed by atoms with Gasteiger partial charge in [0, 0.05) is 0 Å². The summed E-state index contributed by atoms with van der Waals surface area (Å²) in [5, 5.41) is 18.6. The van der Waals surface area contributed by atoms with Crippen LogP contribution in [0.1, 0.15) is 25.3 Å². The van der Waals surface area contributed by atoms with E-state index in [2.05, 4.69) is 0 Å². The maximum atomic E-state index is 12.4. The lowest BCUT2D eigenvalue weighted by Gasteiger charge is -2.46. The van der Waals surface area contributed by atoms with Crippen LogP contribution in [0, 0.1) is 18.3 Å². The molecule has 5 nitrogen and oxygen atoms in total. The van der Waals surface area contributed by atoms with Gasteiger partial charge < -0.3 is 14.7 Å². The SMILES string of the molecule is CCC(Oc1ccccc1C)C(=O)N1CC(O)(CC#N)C1. The molecule has 0 saturated carbocycles. The molecule has 1 unspecified atom stereocenters. The smallest absolute Gasteiger partial charge is 0.263 e. The molecule has 1 aromatic carbocycles. The summed E-state index contributed by atoms with van der Waals surface area (Å²) in [6.45, 7) is 4.23. The van der Waals surface area contributed by atoms with Crippen LogP contribution in [0.15, 0.2) is 24.3 Å². The van der Waals surface area contributed by atoms with Crippen LogP contribution in [0.4, 0.5) is 0 Å². The van der Waals surface area contributed by atoms with E-state index in [1.165, 1.54) is 0 Å². The summed E-state index contributed by atoms with van der Waals surface area (Å²) in [6, 6.07) is 9.50. The van der Waals surface area contributed by atoms with E-state index in [0.717, 1.165) is 5.56 Å². The summed E-state index contributed by atoms with van der Waals surface area (Å²) in [5.74, 6) is 0.564. The molecule has 0 aliphatic carbocycles. The summed E-state index contributed by atoms with van der Waals surface area (Å²) >= 11 is 0. The topological polar surface area (TPSA) is 73.6 Å². The average Bonchev–Trinajstić information content (AvgIpc) is 2.43. The van der Waals surface area contributed by atoms with Gasteiger partial charge in [-0.3, -0.25) is 4.79 Å². The minimum absolute atomic E-state index is 0.0478. The molecule has 0 bridgehead atoms. The summed E-state index contributed by atoms with van der Waals surface area (Å²) in [5.41, 5.74) is -0.0703. The molecule has 1 fully saturated rings. The highest BCUT2D eigenvalue weighted by molar-refractivity contribution is 5.82. The molecule has 1 aromatic rings. The van der Waals surface area contributed by atoms with Crippen LogP contribution >= 0.6 is 0 Å². The Labute approximate surface area is 124 Å². The van der Waals surface area contributed by atoms with Crippen molar-refractivity contribution < 1.29 is 14.6 Å². The summed E-state index contributed by atoms with van der Waals surface area (Å²) < 4.78 is 5.80. The molecular weight excluding hydrogens is 268 g/mol. The van der Waals surface area contributed by atoms with E-state index in [9.17, 15) is 9.90 Å². The fourth-order valence-corrected chi connectivity index (χ4v) is 2.43. The molecule has 1 heterocycles. The Kier molecular flexibility index (Phi) is 4.49. The second kappa shape index (κ2) is 6.15. The minimum atomic E-state index is -1.05. The Balaban J connectivity index is 1.98. The van der Waals surface area contributed by atoms with Crippen LogP contribution in [0.2, 0.25) is 0 Å². The molecule has 112 valence electrons. The number of ether oxygens (including phenoxy) is 1. The van der Waals surface area contributed by atoms with Gasteiger partial charge in [0.25, 0.3) is 5.91 Å². The van der Waals surface area contributed by atoms with Gasteiger partial charge in [0.2, 0.25) is 0 Å². The van der Waals surface area contributed by atoms with Crippen LogP contribution in [0.3, 0.4) is 0 Å². The van der Waals surface area contributed by atoms with Gasteiger partial charge in [-0.25, -0.2) is 0 Å². The quantitative estimate of drug-likeness (QED) is 0.894. The molecule has 1 N–H and O–H groups in total. The largest absolute Gasteiger partial charge is 0.480 e. The molecule has 21 heavy (non-hydrogen) atoms. The number of hydrogen-bond acceptors (Lipinski definition) is 4. The molecule has 0 aromatic heterocycles. The summed E-state index contributed by atoms with van der Waals surface area (Å²) in [4.78, 5) is 13.9. The number of rotatable bonds is 5. The number of carbonyl (C=O) groups excluding carboxylic acids is 1. The lowest BCUT2D eigenvalue weighted by atomic mass is 9.90. The van der Waals surface area contributed by atoms with Crippen LogP contribution < -0.4 is 4.74 Å². The van der Waals surface area contributed by atoms with Crippen LogP contribution in [-0.4, -0.2) is 40.7 Å². The van der Waals surface area contributed by atoms with E-state index >= 15 is 0 Å². The van der Waals surface area contributed by atoms with Gasteiger partial charge in [-0.05, 0) is 25.0 Å². The number of aryl methyl sites for hydroxylation is 1. The zero-order valence-electron chi connectivity index (χ0n) is 12.4. The highest BCUT2D eigenvalue weighted by Crippen LogP contribution is 2.26. The van der Waals surface area contributed by atoms with Gasteiger partial charge in [-0.2, -0.15) is 5.26 Å². The first-order chi connectivity index (χ1) is 9.99. The molecule has 1 atom stereocenters. The Morgan fingerprint density at radius 2 is 2.19 bits per heavy atom. The van der Waals surface area contributed by atoms with Gasteiger partial charge in [0.15, 0.2) is 6.10 Å². The van der Waals surface area contributed by atoms with Gasteiger partial charge in [-0.1, -0.05) is 25.1 Å². The first-order valence-electron chi connectivity index (χ1n) is 7.09. The first kappa shape index (κ1) is 15.3. The third-order valence-electron chi connectivity index (χ3n) is 3.70. The minimum Gasteiger partial charge on any atom is -0.480 e. The maximum absolute atomic E-state index is 12.4. The number of aliphatic hydroxyl groups is 1. The third kappa shape index (κ3) is 3.34. The van der Waals surface area contributed by atoms with E-state index in [1.807, 2.05) is 44.2 Å². The van der Waals surface area contributed by atoms with Gasteiger partial charge in [-0.15, -0.1) is 0 Å². The van der Waals surface area contributed by atoms with Crippen molar-refractivity contribution in [3.05, 3.63) is 29.8 Å². The molecule has 1 aliphatic rings. The van der Waals surface area contributed by atoms with Crippen molar-refractivity contribution in [2.45, 2.75) is 38.4 Å². The van der Waals surface area contributed by atoms with Crippen LogP contribution in [-0.2, 0) is 4.79 Å². The Morgan fingerprint density at radius 3 is 2.76 bits per heavy atom. The third-order valence-corrected chi connectivity index (χ3v) is 3.70. The Hall–Kier alpha value is -2.06. The van der Waals surface area contributed by atoms with Gasteiger partial charge >= 0.3 is 0 Å².